The zero-order valence-electron chi connectivity index (χ0n) is 6.49. The Kier molecular flexibility index (Phi) is 2.84. The molecular weight excluding hydrogens is 166 g/mol. The molecule has 1 unspecified atom stereocenters. The Hall–Kier alpha value is -0.610. The van der Waals surface area contributed by atoms with Gasteiger partial charge in [0.25, 0.3) is 0 Å². The molecule has 0 aliphatic carbocycles. The van der Waals surface area contributed by atoms with Crippen LogP contribution in [-0.2, 0) is 4.74 Å². The standard InChI is InChI=1S/C6H10ClN3O/c1-5(3-11-2)10-4-8-9-6(10)7/h4-5H,3H2,1-2H3. The van der Waals surface area contributed by atoms with E-state index >= 15 is 0 Å². The molecule has 0 aromatic carbocycles. The number of ether oxygens (including phenoxy) is 1. The van der Waals surface area contributed by atoms with Gasteiger partial charge in [-0.1, -0.05) is 0 Å². The predicted octanol–water partition coefficient (Wildman–Crippen LogP) is 1.14. The lowest BCUT2D eigenvalue weighted by atomic mass is 10.4. The Bertz CT molecular complexity index is 225. The summed E-state index contributed by atoms with van der Waals surface area (Å²) in [7, 11) is 1.65. The van der Waals surface area contributed by atoms with Gasteiger partial charge in [-0.05, 0) is 18.5 Å². The van der Waals surface area contributed by atoms with E-state index in [1.165, 1.54) is 0 Å². The van der Waals surface area contributed by atoms with Crippen molar-refractivity contribution in [3.8, 4) is 0 Å². The minimum atomic E-state index is 0.183. The third kappa shape index (κ3) is 1.91. The fourth-order valence-electron chi connectivity index (χ4n) is 0.846. The molecular formula is C6H10ClN3O. The Morgan fingerprint density at radius 1 is 1.82 bits per heavy atom. The van der Waals surface area contributed by atoms with E-state index in [-0.39, 0.29) is 6.04 Å². The van der Waals surface area contributed by atoms with Crippen molar-refractivity contribution in [1.82, 2.24) is 14.8 Å². The smallest absolute Gasteiger partial charge is 0.225 e. The molecule has 5 heteroatoms. The van der Waals surface area contributed by atoms with Crippen LogP contribution in [0.2, 0.25) is 5.28 Å². The van der Waals surface area contributed by atoms with E-state index in [1.807, 2.05) is 6.92 Å². The second-order valence-electron chi connectivity index (χ2n) is 2.31. The SMILES string of the molecule is COCC(C)n1cnnc1Cl. The first-order valence-corrected chi connectivity index (χ1v) is 3.67. The second kappa shape index (κ2) is 3.69. The molecule has 1 aromatic heterocycles. The molecule has 0 aliphatic rings. The summed E-state index contributed by atoms with van der Waals surface area (Å²) in [6.45, 7) is 2.59. The average molecular weight is 176 g/mol. The number of rotatable bonds is 3. The first-order chi connectivity index (χ1) is 5.25. The topological polar surface area (TPSA) is 39.9 Å². The van der Waals surface area contributed by atoms with Gasteiger partial charge < -0.3 is 4.74 Å². The summed E-state index contributed by atoms with van der Waals surface area (Å²) in [6.07, 6.45) is 1.59. The summed E-state index contributed by atoms with van der Waals surface area (Å²) in [5.74, 6) is 0. The van der Waals surface area contributed by atoms with Crippen LogP contribution in [0.3, 0.4) is 0 Å². The van der Waals surface area contributed by atoms with Gasteiger partial charge in [0.1, 0.15) is 6.33 Å². The molecule has 0 bridgehead atoms. The second-order valence-corrected chi connectivity index (χ2v) is 2.65. The van der Waals surface area contributed by atoms with E-state index in [2.05, 4.69) is 10.2 Å². The van der Waals surface area contributed by atoms with Crippen LogP contribution in [0.4, 0.5) is 0 Å². The van der Waals surface area contributed by atoms with Crippen molar-refractivity contribution < 1.29 is 4.74 Å². The summed E-state index contributed by atoms with van der Waals surface area (Å²) in [5, 5.41) is 7.69. The quantitative estimate of drug-likeness (QED) is 0.692. The number of hydrogen-bond acceptors (Lipinski definition) is 3. The zero-order valence-corrected chi connectivity index (χ0v) is 7.25. The van der Waals surface area contributed by atoms with Crippen LogP contribution < -0.4 is 0 Å². The van der Waals surface area contributed by atoms with E-state index in [0.717, 1.165) is 0 Å². The summed E-state index contributed by atoms with van der Waals surface area (Å²) < 4.78 is 6.70. The zero-order chi connectivity index (χ0) is 8.27. The fraction of sp³-hybridized carbons (Fsp3) is 0.667. The molecule has 11 heavy (non-hydrogen) atoms. The minimum Gasteiger partial charge on any atom is -0.383 e. The number of aromatic nitrogens is 3. The average Bonchev–Trinajstić information content (AvgIpc) is 2.36. The van der Waals surface area contributed by atoms with Gasteiger partial charge in [0, 0.05) is 7.11 Å². The van der Waals surface area contributed by atoms with Crippen molar-refractivity contribution in [1.29, 1.82) is 0 Å². The summed E-state index contributed by atoms with van der Waals surface area (Å²) in [4.78, 5) is 0. The number of hydrogen-bond donors (Lipinski definition) is 0. The predicted molar refractivity (Wildman–Crippen MR) is 41.6 cm³/mol. The van der Waals surface area contributed by atoms with Crippen molar-refractivity contribution in [2.24, 2.45) is 0 Å². The molecule has 0 radical (unpaired) electrons. The largest absolute Gasteiger partial charge is 0.383 e. The van der Waals surface area contributed by atoms with Crippen LogP contribution in [-0.4, -0.2) is 28.5 Å². The molecule has 0 spiro atoms. The number of methoxy groups -OCH3 is 1. The number of halogens is 1. The van der Waals surface area contributed by atoms with E-state index < -0.39 is 0 Å². The molecule has 1 atom stereocenters. The van der Waals surface area contributed by atoms with Gasteiger partial charge in [0.2, 0.25) is 5.28 Å². The molecule has 62 valence electrons. The number of nitrogens with zero attached hydrogens (tertiary/aromatic N) is 3. The summed E-state index contributed by atoms with van der Waals surface area (Å²) in [5.41, 5.74) is 0. The maximum Gasteiger partial charge on any atom is 0.225 e. The molecule has 0 fully saturated rings. The van der Waals surface area contributed by atoms with Crippen LogP contribution >= 0.6 is 11.6 Å². The van der Waals surface area contributed by atoms with Crippen LogP contribution in [0, 0.1) is 0 Å². The van der Waals surface area contributed by atoms with Crippen molar-refractivity contribution in [3.05, 3.63) is 11.6 Å². The molecule has 0 saturated heterocycles. The van der Waals surface area contributed by atoms with E-state index in [1.54, 1.807) is 18.0 Å². The third-order valence-electron chi connectivity index (χ3n) is 1.41. The molecule has 4 nitrogen and oxygen atoms in total. The van der Waals surface area contributed by atoms with Crippen molar-refractivity contribution in [2.45, 2.75) is 13.0 Å². The molecule has 0 aliphatic heterocycles. The van der Waals surface area contributed by atoms with Crippen LogP contribution in [0.25, 0.3) is 0 Å². The lowest BCUT2D eigenvalue weighted by Gasteiger charge is -2.10. The maximum absolute atomic E-state index is 5.70. The van der Waals surface area contributed by atoms with Gasteiger partial charge in [-0.3, -0.25) is 4.57 Å². The van der Waals surface area contributed by atoms with Gasteiger partial charge in [-0.25, -0.2) is 0 Å². The van der Waals surface area contributed by atoms with Crippen LogP contribution in [0.1, 0.15) is 13.0 Å². The maximum atomic E-state index is 5.70. The van der Waals surface area contributed by atoms with Crippen molar-refractivity contribution >= 4 is 11.6 Å². The van der Waals surface area contributed by atoms with Gasteiger partial charge in [-0.15, -0.1) is 10.2 Å². The highest BCUT2D eigenvalue weighted by molar-refractivity contribution is 6.28. The van der Waals surface area contributed by atoms with Gasteiger partial charge in [0.05, 0.1) is 12.6 Å². The van der Waals surface area contributed by atoms with Crippen LogP contribution in [0.15, 0.2) is 6.33 Å². The van der Waals surface area contributed by atoms with Gasteiger partial charge >= 0.3 is 0 Å². The Balaban J connectivity index is 2.67. The first-order valence-electron chi connectivity index (χ1n) is 3.29. The molecule has 1 heterocycles. The lowest BCUT2D eigenvalue weighted by molar-refractivity contribution is 0.162. The molecule has 0 N–H and O–H groups in total. The molecule has 1 aromatic rings. The molecule has 0 amide bonds. The van der Waals surface area contributed by atoms with Gasteiger partial charge in [0.15, 0.2) is 0 Å². The lowest BCUT2D eigenvalue weighted by Crippen LogP contribution is -2.09. The summed E-state index contributed by atoms with van der Waals surface area (Å²) >= 11 is 5.70. The van der Waals surface area contributed by atoms with E-state index in [4.69, 9.17) is 16.3 Å². The normalized spacial score (nSPS) is 13.4. The van der Waals surface area contributed by atoms with Gasteiger partial charge in [-0.2, -0.15) is 0 Å². The van der Waals surface area contributed by atoms with E-state index in [0.29, 0.717) is 11.9 Å². The van der Waals surface area contributed by atoms with Crippen molar-refractivity contribution in [2.75, 3.05) is 13.7 Å². The molecule has 1 rings (SSSR count). The molecule has 0 saturated carbocycles. The Labute approximate surface area is 70.1 Å². The first kappa shape index (κ1) is 8.49. The van der Waals surface area contributed by atoms with E-state index in [9.17, 15) is 0 Å². The highest BCUT2D eigenvalue weighted by atomic mass is 35.5. The Morgan fingerprint density at radius 2 is 2.55 bits per heavy atom. The third-order valence-corrected chi connectivity index (χ3v) is 1.68. The minimum absolute atomic E-state index is 0.183. The Morgan fingerprint density at radius 3 is 3.00 bits per heavy atom. The summed E-state index contributed by atoms with van der Waals surface area (Å²) in [6, 6.07) is 0.183. The van der Waals surface area contributed by atoms with Crippen LogP contribution in [0.5, 0.6) is 0 Å². The van der Waals surface area contributed by atoms with Crippen molar-refractivity contribution in [3.63, 3.8) is 0 Å². The highest BCUT2D eigenvalue weighted by Crippen LogP contribution is 2.11. The monoisotopic (exact) mass is 175 g/mol. The fourth-order valence-corrected chi connectivity index (χ4v) is 1.10. The highest BCUT2D eigenvalue weighted by Gasteiger charge is 2.07.